The fourth-order valence-corrected chi connectivity index (χ4v) is 3.42. The molecule has 0 amide bonds. The highest BCUT2D eigenvalue weighted by Gasteiger charge is 2.46. The van der Waals surface area contributed by atoms with Crippen molar-refractivity contribution in [3.05, 3.63) is 23.8 Å². The molecule has 2 atom stereocenters. The molecule has 0 bridgehead atoms. The van der Waals surface area contributed by atoms with Crippen LogP contribution < -0.4 is 9.46 Å². The van der Waals surface area contributed by atoms with Gasteiger partial charge < -0.3 is 19.1 Å². The molecule has 1 aromatic carbocycles. The van der Waals surface area contributed by atoms with Crippen molar-refractivity contribution in [1.29, 1.82) is 0 Å². The molecular formula is C16H23NO5S. The molecule has 1 aliphatic heterocycles. The summed E-state index contributed by atoms with van der Waals surface area (Å²) in [7, 11) is 1.33. The number of esters is 1. The van der Waals surface area contributed by atoms with Gasteiger partial charge in [-0.15, -0.1) is 4.72 Å². The Hall–Kier alpha value is -1.44. The van der Waals surface area contributed by atoms with Gasteiger partial charge in [-0.2, -0.15) is 0 Å². The van der Waals surface area contributed by atoms with Gasteiger partial charge in [-0.05, 0) is 32.9 Å². The Morgan fingerprint density at radius 2 is 2.22 bits per heavy atom. The number of benzene rings is 1. The van der Waals surface area contributed by atoms with Gasteiger partial charge in [-0.3, -0.25) is 4.79 Å². The van der Waals surface area contributed by atoms with Crippen LogP contribution in [0, 0.1) is 0 Å². The number of rotatable bonds is 4. The smallest absolute Gasteiger partial charge is 0.307 e. The number of methoxy groups -OCH3 is 1. The van der Waals surface area contributed by atoms with Crippen molar-refractivity contribution in [2.45, 2.75) is 43.9 Å². The molecule has 1 aromatic rings. The molecule has 0 fully saturated rings. The van der Waals surface area contributed by atoms with E-state index in [1.54, 1.807) is 6.07 Å². The first-order valence-corrected chi connectivity index (χ1v) is 8.56. The quantitative estimate of drug-likeness (QED) is 0.643. The number of nitrogens with one attached hydrogen (secondary N) is 1. The summed E-state index contributed by atoms with van der Waals surface area (Å²) in [5.74, 6) is 0.164. The fourth-order valence-electron chi connectivity index (χ4n) is 2.47. The maximum atomic E-state index is 12.6. The lowest BCUT2D eigenvalue weighted by molar-refractivity contribution is -0.142. The largest absolute Gasteiger partial charge is 0.598 e. The number of carbonyl (C=O) groups is 1. The molecule has 0 unspecified atom stereocenters. The van der Waals surface area contributed by atoms with Gasteiger partial charge in [0.05, 0.1) is 20.1 Å². The Labute approximate surface area is 139 Å². The number of ether oxygens (including phenoxy) is 2. The van der Waals surface area contributed by atoms with E-state index in [1.807, 2.05) is 20.8 Å². The molecule has 1 aliphatic rings. The lowest BCUT2D eigenvalue weighted by Gasteiger charge is -2.40. The van der Waals surface area contributed by atoms with Crippen molar-refractivity contribution in [3.63, 3.8) is 0 Å². The highest BCUT2D eigenvalue weighted by molar-refractivity contribution is 7.90. The van der Waals surface area contributed by atoms with Crippen LogP contribution in [0.25, 0.3) is 0 Å². The van der Waals surface area contributed by atoms with E-state index < -0.39 is 27.6 Å². The Kier molecular flexibility index (Phi) is 5.13. The maximum Gasteiger partial charge on any atom is 0.307 e. The van der Waals surface area contributed by atoms with Crippen LogP contribution in [-0.2, 0) is 26.4 Å². The van der Waals surface area contributed by atoms with Crippen molar-refractivity contribution in [3.8, 4) is 11.5 Å². The van der Waals surface area contributed by atoms with Crippen LogP contribution in [0.2, 0.25) is 0 Å². The minimum absolute atomic E-state index is 0.0342. The zero-order valence-electron chi connectivity index (χ0n) is 13.8. The topological polar surface area (TPSA) is 90.9 Å². The number of fused-ring (bicyclic) bond motifs is 1. The minimum atomic E-state index is -1.38. The predicted molar refractivity (Wildman–Crippen MR) is 87.6 cm³/mol. The van der Waals surface area contributed by atoms with Gasteiger partial charge in [0.25, 0.3) is 0 Å². The lowest BCUT2D eigenvalue weighted by atomic mass is 9.82. The number of hydrogen-bond donors (Lipinski definition) is 2. The average molecular weight is 341 g/mol. The van der Waals surface area contributed by atoms with Crippen LogP contribution in [0.5, 0.6) is 11.5 Å². The lowest BCUT2D eigenvalue weighted by Crippen LogP contribution is -2.54. The van der Waals surface area contributed by atoms with Gasteiger partial charge in [0, 0.05) is 29.4 Å². The summed E-state index contributed by atoms with van der Waals surface area (Å²) in [6, 6.07) is 4.73. The molecule has 2 N–H and O–H groups in total. The summed E-state index contributed by atoms with van der Waals surface area (Å²) >= 11 is -1.38. The van der Waals surface area contributed by atoms with Gasteiger partial charge in [0.2, 0.25) is 0 Å². The molecule has 0 aliphatic carbocycles. The third-order valence-corrected chi connectivity index (χ3v) is 5.47. The minimum Gasteiger partial charge on any atom is -0.598 e. The summed E-state index contributed by atoms with van der Waals surface area (Å²) in [5, 5.41) is 9.65. The average Bonchev–Trinajstić information content (AvgIpc) is 2.46. The van der Waals surface area contributed by atoms with E-state index in [0.29, 0.717) is 24.3 Å². The predicted octanol–water partition coefficient (Wildman–Crippen LogP) is 1.98. The van der Waals surface area contributed by atoms with Crippen LogP contribution in [-0.4, -0.2) is 34.1 Å². The Morgan fingerprint density at radius 3 is 2.83 bits per heavy atom. The van der Waals surface area contributed by atoms with Crippen LogP contribution >= 0.6 is 0 Å². The third kappa shape index (κ3) is 3.91. The molecule has 0 saturated heterocycles. The summed E-state index contributed by atoms with van der Waals surface area (Å²) in [5.41, 5.74) is -0.156. The number of hydrogen-bond acceptors (Lipinski definition) is 6. The monoisotopic (exact) mass is 341 g/mol. The van der Waals surface area contributed by atoms with E-state index in [1.165, 1.54) is 19.2 Å². The van der Waals surface area contributed by atoms with Gasteiger partial charge >= 0.3 is 5.97 Å². The van der Waals surface area contributed by atoms with Gasteiger partial charge in [-0.25, -0.2) is 0 Å². The van der Waals surface area contributed by atoms with E-state index in [2.05, 4.69) is 4.72 Å². The Bertz CT molecular complexity index is 586. The molecule has 7 heteroatoms. The van der Waals surface area contributed by atoms with Crippen molar-refractivity contribution in [2.24, 2.45) is 0 Å². The highest BCUT2D eigenvalue weighted by atomic mass is 32.2. The van der Waals surface area contributed by atoms with Gasteiger partial charge in [0.1, 0.15) is 21.8 Å². The molecule has 6 nitrogen and oxygen atoms in total. The molecule has 0 spiro atoms. The molecule has 0 saturated carbocycles. The highest BCUT2D eigenvalue weighted by Crippen LogP contribution is 2.42. The SMILES string of the molecule is COC(=O)C[C@]1(N[S@@+]([O-])C(C)(C)C)CCOc2cc(O)ccc21. The molecule has 128 valence electrons. The van der Waals surface area contributed by atoms with Crippen LogP contribution in [0.1, 0.15) is 39.2 Å². The van der Waals surface area contributed by atoms with Crippen molar-refractivity contribution < 1.29 is 23.9 Å². The first-order valence-electron chi connectivity index (χ1n) is 7.41. The van der Waals surface area contributed by atoms with Gasteiger partial charge in [0.15, 0.2) is 0 Å². The molecule has 0 radical (unpaired) electrons. The standard InChI is InChI=1S/C16H23NO5S/c1-15(2,3)23(20)17-16(10-14(19)21-4)7-8-22-13-9-11(18)5-6-12(13)16/h5-6,9,17-18H,7-8,10H2,1-4H3/t16-,23+/m1/s1. The third-order valence-electron chi connectivity index (χ3n) is 3.79. The van der Waals surface area contributed by atoms with E-state index in [9.17, 15) is 14.5 Å². The Morgan fingerprint density at radius 1 is 1.52 bits per heavy atom. The first-order chi connectivity index (χ1) is 10.7. The summed E-state index contributed by atoms with van der Waals surface area (Å²) in [6.07, 6.45) is 0.508. The molecular weight excluding hydrogens is 318 g/mol. The van der Waals surface area contributed by atoms with E-state index in [-0.39, 0.29) is 12.2 Å². The summed E-state index contributed by atoms with van der Waals surface area (Å²) < 4.78 is 25.7. The molecule has 23 heavy (non-hydrogen) atoms. The normalized spacial score (nSPS) is 22.0. The van der Waals surface area contributed by atoms with Crippen molar-refractivity contribution in [1.82, 2.24) is 4.72 Å². The number of carbonyl (C=O) groups excluding carboxylic acids is 1. The zero-order chi connectivity index (χ0) is 17.3. The number of aromatic hydroxyl groups is 1. The van der Waals surface area contributed by atoms with E-state index >= 15 is 0 Å². The second-order valence-corrected chi connectivity index (χ2v) is 8.56. The fraction of sp³-hybridized carbons (Fsp3) is 0.562. The zero-order valence-corrected chi connectivity index (χ0v) is 14.7. The van der Waals surface area contributed by atoms with Crippen LogP contribution in [0.4, 0.5) is 0 Å². The van der Waals surface area contributed by atoms with Crippen molar-refractivity contribution >= 4 is 17.3 Å². The van der Waals surface area contributed by atoms with Crippen LogP contribution in [0.3, 0.4) is 0 Å². The second kappa shape index (κ2) is 6.59. The van der Waals surface area contributed by atoms with E-state index in [0.717, 1.165) is 0 Å². The number of phenols is 1. The molecule has 0 aromatic heterocycles. The summed E-state index contributed by atoms with van der Waals surface area (Å²) in [4.78, 5) is 11.9. The number of phenolic OH excluding ortho intramolecular Hbond substituents is 1. The maximum absolute atomic E-state index is 12.6. The molecule has 1 heterocycles. The van der Waals surface area contributed by atoms with Crippen molar-refractivity contribution in [2.75, 3.05) is 13.7 Å². The Balaban J connectivity index is 2.45. The summed E-state index contributed by atoms with van der Waals surface area (Å²) in [6.45, 7) is 5.93. The van der Waals surface area contributed by atoms with E-state index in [4.69, 9.17) is 9.47 Å². The second-order valence-electron chi connectivity index (χ2n) is 6.60. The molecule has 2 rings (SSSR count). The van der Waals surface area contributed by atoms with Crippen LogP contribution in [0.15, 0.2) is 18.2 Å². The first kappa shape index (κ1) is 17.9. The van der Waals surface area contributed by atoms with Gasteiger partial charge in [-0.1, -0.05) is 0 Å².